The van der Waals surface area contributed by atoms with Crippen molar-refractivity contribution in [2.24, 2.45) is 0 Å². The summed E-state index contributed by atoms with van der Waals surface area (Å²) < 4.78 is 69.8. The quantitative estimate of drug-likeness (QED) is 0.480. The summed E-state index contributed by atoms with van der Waals surface area (Å²) in [5.74, 6) is -0.433. The molecule has 1 aliphatic rings. The lowest BCUT2D eigenvalue weighted by atomic mass is 10.0. The van der Waals surface area contributed by atoms with Crippen LogP contribution in [0.5, 0.6) is 0 Å². The van der Waals surface area contributed by atoms with Gasteiger partial charge in [0.25, 0.3) is 0 Å². The van der Waals surface area contributed by atoms with Gasteiger partial charge in [-0.25, -0.2) is 8.78 Å². The number of alkyl halides is 4. The Labute approximate surface area is 139 Å². The van der Waals surface area contributed by atoms with E-state index in [0.29, 0.717) is 16.6 Å². The zero-order chi connectivity index (χ0) is 17.8. The average Bonchev–Trinajstić information content (AvgIpc) is 2.92. The van der Waals surface area contributed by atoms with Gasteiger partial charge in [0.1, 0.15) is 5.82 Å². The van der Waals surface area contributed by atoms with Crippen molar-refractivity contribution in [1.29, 1.82) is 0 Å². The molecular formula is C18H13F5N2. The Morgan fingerprint density at radius 1 is 1.04 bits per heavy atom. The SMILES string of the molecule is Fc1ccc(-c2cccc3c(C(F)(F)F)c4n(c23)CCNC4F)cc1. The predicted molar refractivity (Wildman–Crippen MR) is 84.2 cm³/mol. The molecule has 25 heavy (non-hydrogen) atoms. The number of nitrogens with zero attached hydrogens (tertiary/aromatic N) is 1. The van der Waals surface area contributed by atoms with Gasteiger partial charge in [0.15, 0.2) is 6.30 Å². The molecule has 1 unspecified atom stereocenters. The van der Waals surface area contributed by atoms with Crippen LogP contribution >= 0.6 is 0 Å². The Kier molecular flexibility index (Phi) is 3.57. The Morgan fingerprint density at radius 3 is 2.44 bits per heavy atom. The standard InChI is InChI=1S/C18H13F5N2/c19-11-6-4-10(5-7-11)12-2-1-3-13-14(18(21,22)23)16-17(20)24-8-9-25(16)15(12)13/h1-7,17,24H,8-9H2. The molecule has 0 saturated carbocycles. The van der Waals surface area contributed by atoms with Crippen molar-refractivity contribution in [2.45, 2.75) is 19.0 Å². The number of hydrogen-bond donors (Lipinski definition) is 1. The van der Waals surface area contributed by atoms with Crippen molar-refractivity contribution in [3.05, 3.63) is 59.5 Å². The number of rotatable bonds is 1. The van der Waals surface area contributed by atoms with Gasteiger partial charge in [-0.1, -0.05) is 30.3 Å². The first-order valence-electron chi connectivity index (χ1n) is 7.73. The molecular weight excluding hydrogens is 339 g/mol. The highest BCUT2D eigenvalue weighted by molar-refractivity contribution is 5.98. The second-order valence-corrected chi connectivity index (χ2v) is 5.93. The van der Waals surface area contributed by atoms with Gasteiger partial charge in [-0.15, -0.1) is 0 Å². The van der Waals surface area contributed by atoms with Crippen LogP contribution in [0.15, 0.2) is 42.5 Å². The molecule has 0 aliphatic carbocycles. The minimum Gasteiger partial charge on any atom is -0.339 e. The number of aromatic nitrogens is 1. The molecule has 1 aliphatic heterocycles. The third-order valence-electron chi connectivity index (χ3n) is 4.46. The minimum atomic E-state index is -4.68. The van der Waals surface area contributed by atoms with E-state index in [1.54, 1.807) is 6.07 Å². The van der Waals surface area contributed by atoms with E-state index >= 15 is 0 Å². The van der Waals surface area contributed by atoms with Gasteiger partial charge in [-0.2, -0.15) is 13.2 Å². The Balaban J connectivity index is 2.10. The van der Waals surface area contributed by atoms with E-state index in [9.17, 15) is 22.0 Å². The molecule has 2 nitrogen and oxygen atoms in total. The fourth-order valence-corrected chi connectivity index (χ4v) is 3.49. The second-order valence-electron chi connectivity index (χ2n) is 5.93. The average molecular weight is 352 g/mol. The first-order valence-corrected chi connectivity index (χ1v) is 7.73. The molecule has 1 N–H and O–H groups in total. The predicted octanol–water partition coefficient (Wildman–Crippen LogP) is 5.04. The lowest BCUT2D eigenvalue weighted by molar-refractivity contribution is -0.138. The van der Waals surface area contributed by atoms with Crippen molar-refractivity contribution in [3.8, 4) is 11.1 Å². The van der Waals surface area contributed by atoms with Gasteiger partial charge in [0.05, 0.1) is 16.8 Å². The van der Waals surface area contributed by atoms with Crippen LogP contribution < -0.4 is 5.32 Å². The highest BCUT2D eigenvalue weighted by atomic mass is 19.4. The number of fused-ring (bicyclic) bond motifs is 3. The van der Waals surface area contributed by atoms with Crippen LogP contribution in [-0.2, 0) is 12.7 Å². The third-order valence-corrected chi connectivity index (χ3v) is 4.46. The smallest absolute Gasteiger partial charge is 0.339 e. The highest BCUT2D eigenvalue weighted by Gasteiger charge is 2.42. The number of hydrogen-bond acceptors (Lipinski definition) is 1. The normalized spacial score (nSPS) is 17.7. The lowest BCUT2D eigenvalue weighted by Crippen LogP contribution is -2.32. The van der Waals surface area contributed by atoms with E-state index in [1.807, 2.05) is 0 Å². The number of nitrogens with one attached hydrogen (secondary N) is 1. The molecule has 0 bridgehead atoms. The summed E-state index contributed by atoms with van der Waals surface area (Å²) in [6.07, 6.45) is -6.57. The zero-order valence-corrected chi connectivity index (χ0v) is 12.9. The summed E-state index contributed by atoms with van der Waals surface area (Å²) in [6.45, 7) is 0.452. The van der Waals surface area contributed by atoms with Crippen molar-refractivity contribution < 1.29 is 22.0 Å². The summed E-state index contributed by atoms with van der Waals surface area (Å²) in [6, 6.07) is 10.0. The van der Waals surface area contributed by atoms with Crippen LogP contribution in [0.3, 0.4) is 0 Å². The largest absolute Gasteiger partial charge is 0.418 e. The fraction of sp³-hybridized carbons (Fsp3) is 0.222. The highest BCUT2D eigenvalue weighted by Crippen LogP contribution is 2.45. The number of benzene rings is 2. The minimum absolute atomic E-state index is 0.0457. The molecule has 7 heteroatoms. The van der Waals surface area contributed by atoms with E-state index < -0.39 is 29.5 Å². The van der Waals surface area contributed by atoms with Crippen molar-refractivity contribution in [1.82, 2.24) is 9.88 Å². The van der Waals surface area contributed by atoms with E-state index in [0.717, 1.165) is 0 Å². The van der Waals surface area contributed by atoms with Crippen molar-refractivity contribution >= 4 is 10.9 Å². The Bertz CT molecular complexity index is 941. The summed E-state index contributed by atoms with van der Waals surface area (Å²) in [5, 5.41) is 2.40. The Hall–Kier alpha value is -2.41. The first kappa shape index (κ1) is 16.1. The van der Waals surface area contributed by atoms with Crippen LogP contribution in [0.25, 0.3) is 22.0 Å². The molecule has 2 heterocycles. The molecule has 4 rings (SSSR count). The molecule has 0 saturated heterocycles. The maximum atomic E-state index is 14.3. The molecule has 2 aromatic carbocycles. The van der Waals surface area contributed by atoms with Crippen LogP contribution in [0.4, 0.5) is 22.0 Å². The molecule has 3 aromatic rings. The van der Waals surface area contributed by atoms with E-state index in [4.69, 9.17) is 0 Å². The molecule has 1 atom stereocenters. The zero-order valence-electron chi connectivity index (χ0n) is 12.9. The third kappa shape index (κ3) is 2.50. The number of para-hydroxylation sites is 1. The van der Waals surface area contributed by atoms with Gasteiger partial charge in [-0.3, -0.25) is 5.32 Å². The maximum absolute atomic E-state index is 14.3. The van der Waals surface area contributed by atoms with E-state index in [2.05, 4.69) is 5.32 Å². The fourth-order valence-electron chi connectivity index (χ4n) is 3.49. The molecule has 1 aromatic heterocycles. The maximum Gasteiger partial charge on any atom is 0.418 e. The molecule has 0 spiro atoms. The van der Waals surface area contributed by atoms with E-state index in [1.165, 1.54) is 41.0 Å². The molecule has 0 radical (unpaired) electrons. The summed E-state index contributed by atoms with van der Waals surface area (Å²) in [7, 11) is 0. The second kappa shape index (κ2) is 5.56. The summed E-state index contributed by atoms with van der Waals surface area (Å²) >= 11 is 0. The van der Waals surface area contributed by atoms with Crippen LogP contribution in [0, 0.1) is 5.82 Å². The van der Waals surface area contributed by atoms with Gasteiger partial charge < -0.3 is 4.57 Å². The van der Waals surface area contributed by atoms with Gasteiger partial charge in [0.2, 0.25) is 0 Å². The molecule has 0 fully saturated rings. The number of halogens is 5. The van der Waals surface area contributed by atoms with Gasteiger partial charge >= 0.3 is 6.18 Å². The monoisotopic (exact) mass is 352 g/mol. The molecule has 0 amide bonds. The molecule has 130 valence electrons. The van der Waals surface area contributed by atoms with Crippen LogP contribution in [0.1, 0.15) is 17.6 Å². The Morgan fingerprint density at radius 2 is 1.76 bits per heavy atom. The lowest BCUT2D eigenvalue weighted by Gasteiger charge is -2.23. The van der Waals surface area contributed by atoms with Gasteiger partial charge in [-0.05, 0) is 17.7 Å². The van der Waals surface area contributed by atoms with Gasteiger partial charge in [0, 0.05) is 24.0 Å². The van der Waals surface area contributed by atoms with Crippen molar-refractivity contribution in [3.63, 3.8) is 0 Å². The summed E-state index contributed by atoms with van der Waals surface area (Å²) in [5.41, 5.74) is 0.0633. The van der Waals surface area contributed by atoms with E-state index in [-0.39, 0.29) is 18.5 Å². The van der Waals surface area contributed by atoms with Crippen molar-refractivity contribution in [2.75, 3.05) is 6.54 Å². The topological polar surface area (TPSA) is 17.0 Å². The summed E-state index contributed by atoms with van der Waals surface area (Å²) in [4.78, 5) is 0. The van der Waals surface area contributed by atoms with Crippen LogP contribution in [-0.4, -0.2) is 11.1 Å². The van der Waals surface area contributed by atoms with Crippen LogP contribution in [0.2, 0.25) is 0 Å². The first-order chi connectivity index (χ1) is 11.9.